The smallest absolute Gasteiger partial charge is 0.433 e. The van der Waals surface area contributed by atoms with Crippen LogP contribution in [0.3, 0.4) is 0 Å². The fourth-order valence-electron chi connectivity index (χ4n) is 2.04. The molecule has 8 heteroatoms. The van der Waals surface area contributed by atoms with Gasteiger partial charge in [0.2, 0.25) is 5.89 Å². The maximum Gasteiger partial charge on any atom is 0.433 e. The molecule has 0 spiro atoms. The zero-order chi connectivity index (χ0) is 16.6. The lowest BCUT2D eigenvalue weighted by Gasteiger charge is -2.12. The summed E-state index contributed by atoms with van der Waals surface area (Å²) in [7, 11) is 0. The zero-order valence-electron chi connectivity index (χ0n) is 11.8. The number of hydrogen-bond acceptors (Lipinski definition) is 4. The quantitative estimate of drug-likeness (QED) is 0.560. The molecule has 0 fully saturated rings. The second kappa shape index (κ2) is 5.99. The lowest BCUT2D eigenvalue weighted by Crippen LogP contribution is -2.09. The summed E-state index contributed by atoms with van der Waals surface area (Å²) in [6.07, 6.45) is -3.03. The van der Waals surface area contributed by atoms with Crippen molar-refractivity contribution >= 4 is 33.5 Å². The molecule has 0 amide bonds. The van der Waals surface area contributed by atoms with Crippen LogP contribution in [0.1, 0.15) is 17.3 Å². The van der Waals surface area contributed by atoms with E-state index in [0.717, 1.165) is 9.64 Å². The first kappa shape index (κ1) is 16.0. The summed E-state index contributed by atoms with van der Waals surface area (Å²) < 4.78 is 50.6. The van der Waals surface area contributed by atoms with Gasteiger partial charge in [-0.05, 0) is 47.7 Å². The fraction of sp³-hybridized carbons (Fsp3) is 0.200. The van der Waals surface area contributed by atoms with Gasteiger partial charge in [-0.25, -0.2) is 9.97 Å². The van der Waals surface area contributed by atoms with Crippen molar-refractivity contribution in [3.05, 3.63) is 51.4 Å². The van der Waals surface area contributed by atoms with Gasteiger partial charge in [0, 0.05) is 15.0 Å². The SMILES string of the molecule is Cc1cnc(COc2cc(C(F)(F)F)nc3ccc(I)cc23)o1. The summed E-state index contributed by atoms with van der Waals surface area (Å²) >= 11 is 2.08. The van der Waals surface area contributed by atoms with Crippen LogP contribution in [-0.4, -0.2) is 9.97 Å². The number of fused-ring (bicyclic) bond motifs is 1. The number of hydrogen-bond donors (Lipinski definition) is 0. The highest BCUT2D eigenvalue weighted by molar-refractivity contribution is 14.1. The molecule has 0 radical (unpaired) electrons. The number of rotatable bonds is 3. The Morgan fingerprint density at radius 3 is 2.70 bits per heavy atom. The van der Waals surface area contributed by atoms with Crippen molar-refractivity contribution < 1.29 is 22.3 Å². The van der Waals surface area contributed by atoms with Crippen molar-refractivity contribution in [2.45, 2.75) is 19.7 Å². The van der Waals surface area contributed by atoms with Crippen LogP contribution in [0.15, 0.2) is 34.9 Å². The second-order valence-corrected chi connectivity index (χ2v) is 6.06. The molecule has 23 heavy (non-hydrogen) atoms. The van der Waals surface area contributed by atoms with Gasteiger partial charge in [0.1, 0.15) is 17.2 Å². The van der Waals surface area contributed by atoms with Gasteiger partial charge in [-0.15, -0.1) is 0 Å². The highest BCUT2D eigenvalue weighted by atomic mass is 127. The minimum absolute atomic E-state index is 0.0598. The number of pyridine rings is 1. The molecule has 0 atom stereocenters. The van der Waals surface area contributed by atoms with E-state index in [9.17, 15) is 13.2 Å². The average Bonchev–Trinajstić information content (AvgIpc) is 2.89. The van der Waals surface area contributed by atoms with Gasteiger partial charge < -0.3 is 9.15 Å². The number of halogens is 4. The first-order valence-corrected chi connectivity index (χ1v) is 7.62. The Morgan fingerprint density at radius 2 is 2.04 bits per heavy atom. The first-order valence-electron chi connectivity index (χ1n) is 6.54. The Balaban J connectivity index is 2.03. The highest BCUT2D eigenvalue weighted by Gasteiger charge is 2.33. The molecule has 1 aromatic carbocycles. The van der Waals surface area contributed by atoms with Gasteiger partial charge in [-0.3, -0.25) is 0 Å². The summed E-state index contributed by atoms with van der Waals surface area (Å²) in [5.74, 6) is 0.997. The molecule has 0 saturated carbocycles. The van der Waals surface area contributed by atoms with Crippen molar-refractivity contribution in [3.8, 4) is 5.75 Å². The fourth-order valence-corrected chi connectivity index (χ4v) is 2.53. The van der Waals surface area contributed by atoms with Crippen LogP contribution < -0.4 is 4.74 Å². The molecule has 0 aliphatic rings. The van der Waals surface area contributed by atoms with E-state index < -0.39 is 11.9 Å². The monoisotopic (exact) mass is 434 g/mol. The lowest BCUT2D eigenvalue weighted by molar-refractivity contribution is -0.141. The Bertz CT molecular complexity index is 862. The van der Waals surface area contributed by atoms with Crippen molar-refractivity contribution in [2.24, 2.45) is 0 Å². The van der Waals surface area contributed by atoms with Crippen LogP contribution in [0.5, 0.6) is 5.75 Å². The van der Waals surface area contributed by atoms with E-state index in [1.54, 1.807) is 19.1 Å². The first-order chi connectivity index (χ1) is 10.8. The Morgan fingerprint density at radius 1 is 1.26 bits per heavy atom. The molecule has 120 valence electrons. The van der Waals surface area contributed by atoms with Crippen LogP contribution in [0, 0.1) is 10.5 Å². The number of ether oxygens (including phenoxy) is 1. The molecule has 3 aromatic rings. The standard InChI is InChI=1S/C15H10F3IN2O2/c1-8-6-20-14(23-8)7-22-12-5-13(15(16,17)18)21-11-3-2-9(19)4-10(11)12/h2-6H,7H2,1H3. The molecule has 0 bridgehead atoms. The second-order valence-electron chi connectivity index (χ2n) is 4.82. The van der Waals surface area contributed by atoms with Crippen LogP contribution in [0.4, 0.5) is 13.2 Å². The number of benzene rings is 1. The average molecular weight is 434 g/mol. The normalized spacial score (nSPS) is 11.9. The van der Waals surface area contributed by atoms with Crippen molar-refractivity contribution in [2.75, 3.05) is 0 Å². The van der Waals surface area contributed by atoms with Crippen molar-refractivity contribution in [1.82, 2.24) is 9.97 Å². The number of aryl methyl sites for hydroxylation is 1. The molecular weight excluding hydrogens is 424 g/mol. The Hall–Kier alpha value is -1.84. The van der Waals surface area contributed by atoms with E-state index in [-0.39, 0.29) is 17.9 Å². The maximum absolute atomic E-state index is 13.0. The van der Waals surface area contributed by atoms with Crippen LogP contribution in [-0.2, 0) is 12.8 Å². The minimum atomic E-state index is -4.55. The maximum atomic E-state index is 13.0. The third kappa shape index (κ3) is 3.57. The topological polar surface area (TPSA) is 48.2 Å². The summed E-state index contributed by atoms with van der Waals surface area (Å²) in [6, 6.07) is 5.85. The van der Waals surface area contributed by atoms with Gasteiger partial charge in [0.05, 0.1) is 11.7 Å². The third-order valence-electron chi connectivity index (χ3n) is 3.04. The molecule has 0 aliphatic carbocycles. The van der Waals surface area contributed by atoms with Gasteiger partial charge in [-0.1, -0.05) is 0 Å². The molecule has 4 nitrogen and oxygen atoms in total. The van der Waals surface area contributed by atoms with Gasteiger partial charge in [0.25, 0.3) is 0 Å². The van der Waals surface area contributed by atoms with Gasteiger partial charge in [-0.2, -0.15) is 13.2 Å². The Kier molecular flexibility index (Phi) is 4.17. The highest BCUT2D eigenvalue weighted by Crippen LogP contribution is 2.35. The minimum Gasteiger partial charge on any atom is -0.483 e. The van der Waals surface area contributed by atoms with E-state index in [4.69, 9.17) is 9.15 Å². The van der Waals surface area contributed by atoms with Crippen LogP contribution in [0.25, 0.3) is 10.9 Å². The molecule has 0 aliphatic heterocycles. The number of aromatic nitrogens is 2. The van der Waals surface area contributed by atoms with Crippen LogP contribution >= 0.6 is 22.6 Å². The summed E-state index contributed by atoms with van der Waals surface area (Å²) in [4.78, 5) is 7.63. The summed E-state index contributed by atoms with van der Waals surface area (Å²) in [5, 5.41) is 0.508. The van der Waals surface area contributed by atoms with Crippen molar-refractivity contribution in [1.29, 1.82) is 0 Å². The summed E-state index contributed by atoms with van der Waals surface area (Å²) in [6.45, 7) is 1.66. The predicted octanol–water partition coefficient (Wildman–Crippen LogP) is 4.73. The van der Waals surface area contributed by atoms with Gasteiger partial charge in [0.15, 0.2) is 6.61 Å². The molecule has 2 heterocycles. The van der Waals surface area contributed by atoms with E-state index >= 15 is 0 Å². The molecule has 3 rings (SSSR count). The number of oxazole rings is 1. The lowest BCUT2D eigenvalue weighted by atomic mass is 10.2. The van der Waals surface area contributed by atoms with E-state index in [1.165, 1.54) is 12.3 Å². The van der Waals surface area contributed by atoms with E-state index in [1.807, 2.05) is 0 Å². The van der Waals surface area contributed by atoms with Crippen LogP contribution in [0.2, 0.25) is 0 Å². The summed E-state index contributed by atoms with van der Waals surface area (Å²) in [5.41, 5.74) is -0.774. The number of alkyl halides is 3. The molecule has 0 unspecified atom stereocenters. The molecule has 2 aromatic heterocycles. The van der Waals surface area contributed by atoms with Crippen molar-refractivity contribution in [3.63, 3.8) is 0 Å². The Labute approximate surface area is 142 Å². The largest absolute Gasteiger partial charge is 0.483 e. The molecule has 0 saturated heterocycles. The molecular formula is C15H10F3IN2O2. The third-order valence-corrected chi connectivity index (χ3v) is 3.71. The molecule has 0 N–H and O–H groups in total. The van der Waals surface area contributed by atoms with E-state index in [0.29, 0.717) is 17.0 Å². The van der Waals surface area contributed by atoms with E-state index in [2.05, 4.69) is 32.6 Å². The predicted molar refractivity (Wildman–Crippen MR) is 85.0 cm³/mol. The van der Waals surface area contributed by atoms with Gasteiger partial charge >= 0.3 is 6.18 Å². The zero-order valence-corrected chi connectivity index (χ0v) is 14.0. The number of nitrogens with zero attached hydrogens (tertiary/aromatic N) is 2.